The number of ether oxygens (including phenoxy) is 1. The van der Waals surface area contributed by atoms with E-state index < -0.39 is 11.4 Å². The number of amides is 2. The van der Waals surface area contributed by atoms with Gasteiger partial charge in [0.05, 0.1) is 17.9 Å². The normalized spacial score (nSPS) is 30.8. The largest absolute Gasteiger partial charge is 0.481 e. The maximum atomic E-state index is 12.3. The summed E-state index contributed by atoms with van der Waals surface area (Å²) in [6.07, 6.45) is 3.41. The van der Waals surface area contributed by atoms with Gasteiger partial charge in [-0.2, -0.15) is 0 Å². The van der Waals surface area contributed by atoms with Crippen LogP contribution in [0.3, 0.4) is 0 Å². The van der Waals surface area contributed by atoms with Gasteiger partial charge in [0.2, 0.25) is 0 Å². The van der Waals surface area contributed by atoms with E-state index in [9.17, 15) is 19.5 Å². The minimum atomic E-state index is -0.859. The predicted molar refractivity (Wildman–Crippen MR) is 82.8 cm³/mol. The molecule has 0 aromatic rings. The number of aliphatic carboxylic acids is 1. The van der Waals surface area contributed by atoms with Crippen molar-refractivity contribution < 1.29 is 24.2 Å². The lowest BCUT2D eigenvalue weighted by atomic mass is 9.86. The molecule has 2 aliphatic rings. The Balaban J connectivity index is 1.77. The fourth-order valence-electron chi connectivity index (χ4n) is 3.31. The van der Waals surface area contributed by atoms with Crippen molar-refractivity contribution in [2.45, 2.75) is 52.0 Å². The standard InChI is InChI=1S/C16H26N2O5/c1-3-23-13(19)11-4-6-12(7-5-11)17-15(22)18-9-8-16(2,10-18)14(20)21/h11-12H,3-10H2,1-2H3,(H,17,22)(H,20,21). The number of esters is 1. The highest BCUT2D eigenvalue weighted by Crippen LogP contribution is 2.30. The number of carbonyl (C=O) groups excluding carboxylic acids is 2. The van der Waals surface area contributed by atoms with Crippen LogP contribution in [0.2, 0.25) is 0 Å². The fraction of sp³-hybridized carbons (Fsp3) is 0.812. The number of rotatable bonds is 4. The first-order valence-electron chi connectivity index (χ1n) is 8.31. The number of carboxylic acids is 1. The predicted octanol–water partition coefficient (Wildman–Crippen LogP) is 1.61. The molecular weight excluding hydrogens is 300 g/mol. The van der Waals surface area contributed by atoms with Gasteiger partial charge in [0, 0.05) is 19.1 Å². The van der Waals surface area contributed by atoms with Gasteiger partial charge in [-0.05, 0) is 46.0 Å². The number of nitrogens with one attached hydrogen (secondary N) is 1. The fourth-order valence-corrected chi connectivity index (χ4v) is 3.31. The summed E-state index contributed by atoms with van der Waals surface area (Å²) in [6.45, 7) is 4.57. The maximum absolute atomic E-state index is 12.3. The number of likely N-dealkylation sites (tertiary alicyclic amines) is 1. The maximum Gasteiger partial charge on any atom is 0.317 e. The van der Waals surface area contributed by atoms with E-state index in [4.69, 9.17) is 4.74 Å². The van der Waals surface area contributed by atoms with Crippen LogP contribution in [0.15, 0.2) is 0 Å². The van der Waals surface area contributed by atoms with Gasteiger partial charge in [0.25, 0.3) is 0 Å². The Labute approximate surface area is 136 Å². The van der Waals surface area contributed by atoms with E-state index in [0.29, 0.717) is 19.6 Å². The van der Waals surface area contributed by atoms with Crippen molar-refractivity contribution in [3.05, 3.63) is 0 Å². The first kappa shape index (κ1) is 17.6. The molecule has 1 saturated carbocycles. The first-order valence-corrected chi connectivity index (χ1v) is 8.31. The first-order chi connectivity index (χ1) is 10.9. The second kappa shape index (κ2) is 7.19. The highest BCUT2D eigenvalue weighted by molar-refractivity contribution is 5.79. The summed E-state index contributed by atoms with van der Waals surface area (Å²) in [5.74, 6) is -1.07. The molecule has 0 aromatic carbocycles. The molecule has 2 amide bonds. The number of nitrogens with zero attached hydrogens (tertiary/aromatic N) is 1. The number of urea groups is 1. The van der Waals surface area contributed by atoms with Crippen molar-refractivity contribution in [3.63, 3.8) is 0 Å². The molecule has 0 radical (unpaired) electrons. The monoisotopic (exact) mass is 326 g/mol. The molecule has 0 bridgehead atoms. The molecule has 1 atom stereocenters. The van der Waals surface area contributed by atoms with Crippen molar-refractivity contribution in [1.82, 2.24) is 10.2 Å². The molecule has 1 aliphatic carbocycles. The summed E-state index contributed by atoms with van der Waals surface area (Å²) in [6, 6.07) is -0.153. The van der Waals surface area contributed by atoms with E-state index in [1.54, 1.807) is 18.7 Å². The third-order valence-electron chi connectivity index (χ3n) is 4.95. The molecule has 1 saturated heterocycles. The van der Waals surface area contributed by atoms with Gasteiger partial charge in [-0.15, -0.1) is 0 Å². The summed E-state index contributed by atoms with van der Waals surface area (Å²) in [5, 5.41) is 12.2. The van der Waals surface area contributed by atoms with Gasteiger partial charge in [-0.3, -0.25) is 9.59 Å². The molecule has 1 unspecified atom stereocenters. The lowest BCUT2D eigenvalue weighted by Crippen LogP contribution is -2.46. The Hall–Kier alpha value is -1.79. The third-order valence-corrected chi connectivity index (χ3v) is 4.95. The molecule has 130 valence electrons. The molecule has 23 heavy (non-hydrogen) atoms. The molecule has 2 fully saturated rings. The smallest absolute Gasteiger partial charge is 0.317 e. The number of hydrogen-bond donors (Lipinski definition) is 2. The Morgan fingerprint density at radius 1 is 1.26 bits per heavy atom. The highest BCUT2D eigenvalue weighted by Gasteiger charge is 2.42. The van der Waals surface area contributed by atoms with Crippen LogP contribution in [-0.4, -0.2) is 53.7 Å². The van der Waals surface area contributed by atoms with E-state index in [1.807, 2.05) is 0 Å². The van der Waals surface area contributed by atoms with Crippen LogP contribution in [0.1, 0.15) is 46.0 Å². The minimum absolute atomic E-state index is 0.0462. The minimum Gasteiger partial charge on any atom is -0.481 e. The molecule has 2 rings (SSSR count). The number of hydrogen-bond acceptors (Lipinski definition) is 4. The van der Waals surface area contributed by atoms with E-state index in [2.05, 4.69) is 5.32 Å². The molecule has 1 heterocycles. The van der Waals surface area contributed by atoms with Crippen LogP contribution in [0.4, 0.5) is 4.79 Å². The summed E-state index contributed by atoms with van der Waals surface area (Å²) >= 11 is 0. The van der Waals surface area contributed by atoms with Gasteiger partial charge in [-0.25, -0.2) is 4.79 Å². The highest BCUT2D eigenvalue weighted by atomic mass is 16.5. The van der Waals surface area contributed by atoms with Crippen LogP contribution in [0, 0.1) is 11.3 Å². The van der Waals surface area contributed by atoms with Crippen molar-refractivity contribution in [3.8, 4) is 0 Å². The molecule has 7 nitrogen and oxygen atoms in total. The van der Waals surface area contributed by atoms with E-state index in [-0.39, 0.29) is 30.5 Å². The lowest BCUT2D eigenvalue weighted by molar-refractivity contribution is -0.149. The quantitative estimate of drug-likeness (QED) is 0.765. The number of carboxylic acid groups (broad SMARTS) is 1. The van der Waals surface area contributed by atoms with Gasteiger partial charge < -0.3 is 20.1 Å². The SMILES string of the molecule is CCOC(=O)C1CCC(NC(=O)N2CCC(C)(C(=O)O)C2)CC1. The van der Waals surface area contributed by atoms with Crippen molar-refractivity contribution in [2.75, 3.05) is 19.7 Å². The average molecular weight is 326 g/mol. The summed E-state index contributed by atoms with van der Waals surface area (Å²) in [5.41, 5.74) is -0.848. The second-order valence-corrected chi connectivity index (χ2v) is 6.79. The van der Waals surface area contributed by atoms with Crippen LogP contribution in [0.5, 0.6) is 0 Å². The topological polar surface area (TPSA) is 95.9 Å². The van der Waals surface area contributed by atoms with E-state index in [0.717, 1.165) is 25.7 Å². The molecule has 2 N–H and O–H groups in total. The van der Waals surface area contributed by atoms with Gasteiger partial charge in [0.15, 0.2) is 0 Å². The van der Waals surface area contributed by atoms with Crippen molar-refractivity contribution in [2.24, 2.45) is 11.3 Å². The van der Waals surface area contributed by atoms with Crippen LogP contribution in [0.25, 0.3) is 0 Å². The van der Waals surface area contributed by atoms with Crippen molar-refractivity contribution in [1.29, 1.82) is 0 Å². The van der Waals surface area contributed by atoms with Crippen molar-refractivity contribution >= 4 is 18.0 Å². The third kappa shape index (κ3) is 4.14. The summed E-state index contributed by atoms with van der Waals surface area (Å²) < 4.78 is 5.03. The zero-order chi connectivity index (χ0) is 17.0. The van der Waals surface area contributed by atoms with E-state index >= 15 is 0 Å². The molecule has 7 heteroatoms. The van der Waals surface area contributed by atoms with Gasteiger partial charge in [0.1, 0.15) is 0 Å². The van der Waals surface area contributed by atoms with Crippen LogP contribution < -0.4 is 5.32 Å². The Kier molecular flexibility index (Phi) is 5.49. The van der Waals surface area contributed by atoms with Gasteiger partial charge in [-0.1, -0.05) is 0 Å². The lowest BCUT2D eigenvalue weighted by Gasteiger charge is -2.29. The molecule has 0 spiro atoms. The Morgan fingerprint density at radius 3 is 2.43 bits per heavy atom. The molecule has 1 aliphatic heterocycles. The van der Waals surface area contributed by atoms with E-state index in [1.165, 1.54) is 0 Å². The summed E-state index contributed by atoms with van der Waals surface area (Å²) in [7, 11) is 0. The molecule has 0 aromatic heterocycles. The molecular formula is C16H26N2O5. The van der Waals surface area contributed by atoms with Gasteiger partial charge >= 0.3 is 18.0 Å². The number of carbonyl (C=O) groups is 3. The summed E-state index contributed by atoms with van der Waals surface area (Å²) in [4.78, 5) is 36.8. The zero-order valence-corrected chi connectivity index (χ0v) is 13.8. The van der Waals surface area contributed by atoms with Crippen LogP contribution >= 0.6 is 0 Å². The average Bonchev–Trinajstić information content (AvgIpc) is 2.92. The zero-order valence-electron chi connectivity index (χ0n) is 13.8. The van der Waals surface area contributed by atoms with Crippen LogP contribution in [-0.2, 0) is 14.3 Å². The second-order valence-electron chi connectivity index (χ2n) is 6.79. The Bertz CT molecular complexity index is 473. The Morgan fingerprint density at radius 2 is 1.91 bits per heavy atom.